The summed E-state index contributed by atoms with van der Waals surface area (Å²) < 4.78 is 5.32. The van der Waals surface area contributed by atoms with Gasteiger partial charge in [-0.3, -0.25) is 0 Å². The third kappa shape index (κ3) is 3.55. The first-order valence-electron chi connectivity index (χ1n) is 4.97. The molecule has 1 saturated carbocycles. The van der Waals surface area contributed by atoms with Crippen LogP contribution in [0.5, 0.6) is 0 Å². The Morgan fingerprint density at radius 1 is 1.50 bits per heavy atom. The van der Waals surface area contributed by atoms with Gasteiger partial charge in [0.25, 0.3) is 0 Å². The first kappa shape index (κ1) is 10.0. The zero-order valence-corrected chi connectivity index (χ0v) is 8.52. The molecule has 0 bridgehead atoms. The van der Waals surface area contributed by atoms with Gasteiger partial charge < -0.3 is 10.1 Å². The Bertz CT molecular complexity index is 132. The van der Waals surface area contributed by atoms with E-state index >= 15 is 0 Å². The van der Waals surface area contributed by atoms with E-state index in [9.17, 15) is 0 Å². The van der Waals surface area contributed by atoms with E-state index in [4.69, 9.17) is 4.74 Å². The van der Waals surface area contributed by atoms with Crippen molar-refractivity contribution in [2.24, 2.45) is 5.41 Å². The highest BCUT2D eigenvalue weighted by atomic mass is 16.5. The molecule has 1 unspecified atom stereocenters. The van der Waals surface area contributed by atoms with Crippen LogP contribution in [0, 0.1) is 5.41 Å². The molecule has 2 nitrogen and oxygen atoms in total. The van der Waals surface area contributed by atoms with E-state index in [0.29, 0.717) is 11.5 Å². The van der Waals surface area contributed by atoms with Gasteiger partial charge in [-0.05, 0) is 32.1 Å². The lowest BCUT2D eigenvalue weighted by molar-refractivity contribution is 0.126. The third-order valence-corrected chi connectivity index (χ3v) is 2.55. The van der Waals surface area contributed by atoms with E-state index in [0.717, 1.165) is 19.8 Å². The van der Waals surface area contributed by atoms with Crippen LogP contribution in [-0.4, -0.2) is 25.8 Å². The average Bonchev–Trinajstić information content (AvgIpc) is 2.77. The van der Waals surface area contributed by atoms with Crippen molar-refractivity contribution in [1.29, 1.82) is 0 Å². The molecule has 2 heteroatoms. The topological polar surface area (TPSA) is 21.3 Å². The van der Waals surface area contributed by atoms with Crippen molar-refractivity contribution >= 4 is 0 Å². The molecule has 0 spiro atoms. The van der Waals surface area contributed by atoms with Gasteiger partial charge in [0.2, 0.25) is 0 Å². The van der Waals surface area contributed by atoms with Crippen LogP contribution in [0.2, 0.25) is 0 Å². The van der Waals surface area contributed by atoms with Crippen molar-refractivity contribution in [2.75, 3.05) is 19.8 Å². The molecule has 72 valence electrons. The Balaban J connectivity index is 1.98. The van der Waals surface area contributed by atoms with Crippen molar-refractivity contribution in [3.63, 3.8) is 0 Å². The van der Waals surface area contributed by atoms with Gasteiger partial charge in [-0.1, -0.05) is 6.92 Å². The van der Waals surface area contributed by atoms with Crippen LogP contribution in [0.3, 0.4) is 0 Å². The zero-order valence-electron chi connectivity index (χ0n) is 8.52. The van der Waals surface area contributed by atoms with Gasteiger partial charge in [0.15, 0.2) is 0 Å². The fourth-order valence-electron chi connectivity index (χ4n) is 1.16. The van der Waals surface area contributed by atoms with Gasteiger partial charge in [-0.2, -0.15) is 0 Å². The van der Waals surface area contributed by atoms with Crippen LogP contribution in [0.25, 0.3) is 0 Å². The SMILES string of the molecule is CCOCC(C)NCC1(C)CC1. The van der Waals surface area contributed by atoms with E-state index < -0.39 is 0 Å². The first-order valence-corrected chi connectivity index (χ1v) is 4.97. The largest absolute Gasteiger partial charge is 0.380 e. The molecule has 0 heterocycles. The minimum atomic E-state index is 0.502. The minimum absolute atomic E-state index is 0.502. The van der Waals surface area contributed by atoms with Gasteiger partial charge in [0.05, 0.1) is 6.61 Å². The van der Waals surface area contributed by atoms with Crippen LogP contribution < -0.4 is 5.32 Å². The van der Waals surface area contributed by atoms with E-state index in [-0.39, 0.29) is 0 Å². The van der Waals surface area contributed by atoms with Gasteiger partial charge in [0, 0.05) is 19.2 Å². The molecule has 0 amide bonds. The van der Waals surface area contributed by atoms with Crippen molar-refractivity contribution in [3.05, 3.63) is 0 Å². The lowest BCUT2D eigenvalue weighted by Crippen LogP contribution is -2.34. The highest BCUT2D eigenvalue weighted by molar-refractivity contribution is 4.90. The molecule has 0 aromatic heterocycles. The van der Waals surface area contributed by atoms with E-state index in [1.807, 2.05) is 6.92 Å². The first-order chi connectivity index (χ1) is 5.66. The Hall–Kier alpha value is -0.0800. The maximum atomic E-state index is 5.32. The summed E-state index contributed by atoms with van der Waals surface area (Å²) in [6.07, 6.45) is 2.78. The van der Waals surface area contributed by atoms with E-state index in [1.54, 1.807) is 0 Å². The summed E-state index contributed by atoms with van der Waals surface area (Å²) in [7, 11) is 0. The quantitative estimate of drug-likeness (QED) is 0.658. The molecule has 1 rings (SSSR count). The summed E-state index contributed by atoms with van der Waals surface area (Å²) in [6, 6.07) is 0.502. The summed E-state index contributed by atoms with van der Waals surface area (Å²) in [6.45, 7) is 9.38. The summed E-state index contributed by atoms with van der Waals surface area (Å²) >= 11 is 0. The van der Waals surface area contributed by atoms with Crippen LogP contribution in [0.15, 0.2) is 0 Å². The molecular formula is C10H21NO. The van der Waals surface area contributed by atoms with Crippen LogP contribution >= 0.6 is 0 Å². The highest BCUT2D eigenvalue weighted by Gasteiger charge is 2.36. The van der Waals surface area contributed by atoms with Gasteiger partial charge >= 0.3 is 0 Å². The zero-order chi connectivity index (χ0) is 9.03. The molecule has 0 radical (unpaired) electrons. The van der Waals surface area contributed by atoms with Crippen LogP contribution in [-0.2, 0) is 4.74 Å². The lowest BCUT2D eigenvalue weighted by Gasteiger charge is -2.16. The molecule has 0 aliphatic heterocycles. The van der Waals surface area contributed by atoms with Crippen LogP contribution in [0.4, 0.5) is 0 Å². The van der Waals surface area contributed by atoms with Crippen molar-refractivity contribution < 1.29 is 4.74 Å². The summed E-state index contributed by atoms with van der Waals surface area (Å²) in [5.41, 5.74) is 0.612. The summed E-state index contributed by atoms with van der Waals surface area (Å²) in [5.74, 6) is 0. The highest BCUT2D eigenvalue weighted by Crippen LogP contribution is 2.44. The van der Waals surface area contributed by atoms with Gasteiger partial charge in [0.1, 0.15) is 0 Å². The molecule has 1 aliphatic carbocycles. The second-order valence-electron chi connectivity index (χ2n) is 4.25. The second kappa shape index (κ2) is 4.24. The predicted molar refractivity (Wildman–Crippen MR) is 51.3 cm³/mol. The normalized spacial score (nSPS) is 22.2. The average molecular weight is 171 g/mol. The molecular weight excluding hydrogens is 150 g/mol. The van der Waals surface area contributed by atoms with Gasteiger partial charge in [-0.15, -0.1) is 0 Å². The Labute approximate surface area is 75.7 Å². The Morgan fingerprint density at radius 3 is 2.67 bits per heavy atom. The van der Waals surface area contributed by atoms with Crippen molar-refractivity contribution in [2.45, 2.75) is 39.7 Å². The molecule has 1 fully saturated rings. The molecule has 0 saturated heterocycles. The third-order valence-electron chi connectivity index (χ3n) is 2.55. The standard InChI is InChI=1S/C10H21NO/c1-4-12-7-9(2)11-8-10(3)5-6-10/h9,11H,4-8H2,1-3H3. The summed E-state index contributed by atoms with van der Waals surface area (Å²) in [5, 5.41) is 3.49. The number of ether oxygens (including phenoxy) is 1. The van der Waals surface area contributed by atoms with E-state index in [1.165, 1.54) is 12.8 Å². The van der Waals surface area contributed by atoms with E-state index in [2.05, 4.69) is 19.2 Å². The molecule has 0 aromatic rings. The maximum Gasteiger partial charge on any atom is 0.0616 e. The Kier molecular flexibility index (Phi) is 3.53. The monoisotopic (exact) mass is 171 g/mol. The number of nitrogens with one attached hydrogen (secondary N) is 1. The minimum Gasteiger partial charge on any atom is -0.380 e. The summed E-state index contributed by atoms with van der Waals surface area (Å²) in [4.78, 5) is 0. The number of rotatable bonds is 6. The molecule has 1 aliphatic rings. The maximum absolute atomic E-state index is 5.32. The van der Waals surface area contributed by atoms with Gasteiger partial charge in [-0.25, -0.2) is 0 Å². The molecule has 1 atom stereocenters. The fourth-order valence-corrected chi connectivity index (χ4v) is 1.16. The molecule has 1 N–H and O–H groups in total. The molecule has 12 heavy (non-hydrogen) atoms. The Morgan fingerprint density at radius 2 is 2.17 bits per heavy atom. The van der Waals surface area contributed by atoms with Crippen LogP contribution in [0.1, 0.15) is 33.6 Å². The number of hydrogen-bond donors (Lipinski definition) is 1. The van der Waals surface area contributed by atoms with Crippen molar-refractivity contribution in [3.8, 4) is 0 Å². The lowest BCUT2D eigenvalue weighted by atomic mass is 10.1. The number of hydrogen-bond acceptors (Lipinski definition) is 2. The fraction of sp³-hybridized carbons (Fsp3) is 1.00. The second-order valence-corrected chi connectivity index (χ2v) is 4.25. The molecule has 0 aromatic carbocycles. The predicted octanol–water partition coefficient (Wildman–Crippen LogP) is 1.80. The smallest absolute Gasteiger partial charge is 0.0616 e. The van der Waals surface area contributed by atoms with Crippen molar-refractivity contribution in [1.82, 2.24) is 5.32 Å².